The van der Waals surface area contributed by atoms with E-state index in [9.17, 15) is 9.59 Å². The summed E-state index contributed by atoms with van der Waals surface area (Å²) in [5, 5.41) is 7.14. The minimum atomic E-state index is -0.0988. The van der Waals surface area contributed by atoms with Gasteiger partial charge in [-0.2, -0.15) is 5.10 Å². The van der Waals surface area contributed by atoms with Gasteiger partial charge in [0, 0.05) is 26.2 Å². The van der Waals surface area contributed by atoms with Crippen molar-refractivity contribution in [3.63, 3.8) is 0 Å². The zero-order valence-electron chi connectivity index (χ0n) is 12.8. The lowest BCUT2D eigenvalue weighted by Gasteiger charge is -2.22. The maximum absolute atomic E-state index is 12.2. The van der Waals surface area contributed by atoms with Crippen molar-refractivity contribution in [2.45, 2.75) is 45.1 Å². The molecule has 0 spiro atoms. The maximum atomic E-state index is 12.2. The Labute approximate surface area is 125 Å². The van der Waals surface area contributed by atoms with Crippen molar-refractivity contribution in [1.82, 2.24) is 20.0 Å². The summed E-state index contributed by atoms with van der Waals surface area (Å²) in [6, 6.07) is 1.85. The molecule has 0 aliphatic carbocycles. The highest BCUT2D eigenvalue weighted by Gasteiger charge is 2.21. The lowest BCUT2D eigenvalue weighted by molar-refractivity contribution is -0.135. The van der Waals surface area contributed by atoms with Gasteiger partial charge >= 0.3 is 0 Å². The van der Waals surface area contributed by atoms with E-state index >= 15 is 0 Å². The van der Waals surface area contributed by atoms with Gasteiger partial charge in [0.2, 0.25) is 11.8 Å². The average Bonchev–Trinajstić information content (AvgIpc) is 2.78. The Morgan fingerprint density at radius 1 is 1.43 bits per heavy atom. The van der Waals surface area contributed by atoms with Crippen LogP contribution in [0, 0.1) is 0 Å². The lowest BCUT2D eigenvalue weighted by atomic mass is 10.1. The highest BCUT2D eigenvalue weighted by molar-refractivity contribution is 5.85. The van der Waals surface area contributed by atoms with E-state index in [4.69, 9.17) is 0 Å². The molecule has 1 aromatic heterocycles. The number of rotatable bonds is 5. The van der Waals surface area contributed by atoms with Crippen LogP contribution in [-0.4, -0.2) is 39.6 Å². The molecule has 0 bridgehead atoms. The van der Waals surface area contributed by atoms with E-state index in [0.717, 1.165) is 31.4 Å². The first-order valence-electron chi connectivity index (χ1n) is 7.67. The summed E-state index contributed by atoms with van der Waals surface area (Å²) in [6.45, 7) is 2.87. The van der Waals surface area contributed by atoms with Gasteiger partial charge in [-0.05, 0) is 25.3 Å². The van der Waals surface area contributed by atoms with Crippen LogP contribution in [0.15, 0.2) is 12.3 Å². The Kier molecular flexibility index (Phi) is 5.36. The molecule has 1 aliphatic rings. The van der Waals surface area contributed by atoms with Crippen LogP contribution in [0.2, 0.25) is 0 Å². The zero-order chi connectivity index (χ0) is 15.2. The van der Waals surface area contributed by atoms with Crippen LogP contribution in [0.25, 0.3) is 0 Å². The van der Waals surface area contributed by atoms with E-state index in [1.165, 1.54) is 0 Å². The fraction of sp³-hybridized carbons (Fsp3) is 0.667. The second-order valence-electron chi connectivity index (χ2n) is 5.53. The molecule has 0 radical (unpaired) electrons. The third-order valence-electron chi connectivity index (χ3n) is 3.97. The molecule has 2 rings (SSSR count). The molecule has 1 N–H and O–H groups in total. The number of nitrogens with one attached hydrogen (secondary N) is 1. The Balaban J connectivity index is 1.93. The third kappa shape index (κ3) is 4.06. The van der Waals surface area contributed by atoms with Crippen LogP contribution in [0.1, 0.15) is 50.8 Å². The summed E-state index contributed by atoms with van der Waals surface area (Å²) in [5.74, 6) is -0.00506. The van der Waals surface area contributed by atoms with Crippen molar-refractivity contribution in [1.29, 1.82) is 0 Å². The van der Waals surface area contributed by atoms with E-state index in [-0.39, 0.29) is 24.4 Å². The number of aryl methyl sites for hydroxylation is 1. The second-order valence-corrected chi connectivity index (χ2v) is 5.53. The Morgan fingerprint density at radius 2 is 2.24 bits per heavy atom. The quantitative estimate of drug-likeness (QED) is 0.892. The smallest absolute Gasteiger partial charge is 0.240 e. The lowest BCUT2D eigenvalue weighted by Crippen LogP contribution is -2.41. The van der Waals surface area contributed by atoms with Gasteiger partial charge in [-0.15, -0.1) is 0 Å². The molecule has 2 heterocycles. The predicted octanol–water partition coefficient (Wildman–Crippen LogP) is 1.39. The average molecular weight is 292 g/mol. The molecule has 21 heavy (non-hydrogen) atoms. The van der Waals surface area contributed by atoms with Gasteiger partial charge in [-0.25, -0.2) is 0 Å². The summed E-state index contributed by atoms with van der Waals surface area (Å²) in [5.41, 5.74) is 0.980. The summed E-state index contributed by atoms with van der Waals surface area (Å²) in [7, 11) is 1.86. The standard InChI is InChI=1S/C15H24N4O2/c1-3-12(13-8-9-16-18(13)2)17-14(20)11-19-10-6-4-5-7-15(19)21/h8-9,12H,3-7,10-11H2,1-2H3,(H,17,20). The van der Waals surface area contributed by atoms with Crippen LogP contribution in [0.3, 0.4) is 0 Å². The van der Waals surface area contributed by atoms with E-state index < -0.39 is 0 Å². The van der Waals surface area contributed by atoms with Crippen LogP contribution < -0.4 is 5.32 Å². The van der Waals surface area contributed by atoms with Gasteiger partial charge < -0.3 is 10.2 Å². The van der Waals surface area contributed by atoms with Crippen LogP contribution in [0.5, 0.6) is 0 Å². The topological polar surface area (TPSA) is 67.2 Å². The van der Waals surface area contributed by atoms with E-state index in [0.29, 0.717) is 13.0 Å². The molecule has 1 atom stereocenters. The van der Waals surface area contributed by atoms with E-state index in [1.54, 1.807) is 15.8 Å². The van der Waals surface area contributed by atoms with E-state index in [2.05, 4.69) is 10.4 Å². The second kappa shape index (κ2) is 7.24. The van der Waals surface area contributed by atoms with E-state index in [1.807, 2.05) is 20.0 Å². The van der Waals surface area contributed by atoms with Crippen molar-refractivity contribution >= 4 is 11.8 Å². The molecular formula is C15H24N4O2. The Hall–Kier alpha value is -1.85. The highest BCUT2D eigenvalue weighted by Crippen LogP contribution is 2.15. The van der Waals surface area contributed by atoms with Crippen molar-refractivity contribution in [3.8, 4) is 0 Å². The number of hydrogen-bond acceptors (Lipinski definition) is 3. The molecule has 116 valence electrons. The summed E-state index contributed by atoms with van der Waals surface area (Å²) in [4.78, 5) is 25.8. The molecule has 1 aromatic rings. The first-order chi connectivity index (χ1) is 10.1. The molecule has 6 nitrogen and oxygen atoms in total. The molecule has 0 aromatic carbocycles. The fourth-order valence-electron chi connectivity index (χ4n) is 2.73. The highest BCUT2D eigenvalue weighted by atomic mass is 16.2. The number of carbonyl (C=O) groups excluding carboxylic acids is 2. The van der Waals surface area contributed by atoms with Crippen molar-refractivity contribution < 1.29 is 9.59 Å². The number of likely N-dealkylation sites (tertiary alicyclic amines) is 1. The summed E-state index contributed by atoms with van der Waals surface area (Å²) >= 11 is 0. The monoisotopic (exact) mass is 292 g/mol. The van der Waals surface area contributed by atoms with Gasteiger partial charge in [0.15, 0.2) is 0 Å². The normalized spacial score (nSPS) is 17.4. The van der Waals surface area contributed by atoms with Crippen molar-refractivity contribution in [2.75, 3.05) is 13.1 Å². The minimum absolute atomic E-state index is 0.0629. The zero-order valence-corrected chi connectivity index (χ0v) is 12.8. The largest absolute Gasteiger partial charge is 0.346 e. The summed E-state index contributed by atoms with van der Waals surface area (Å²) < 4.78 is 1.77. The third-order valence-corrected chi connectivity index (χ3v) is 3.97. The molecular weight excluding hydrogens is 268 g/mol. The first kappa shape index (κ1) is 15.5. The SMILES string of the molecule is CCC(NC(=O)CN1CCCCCC1=O)c1ccnn1C. The van der Waals surface area contributed by atoms with Gasteiger partial charge in [-0.3, -0.25) is 14.3 Å². The van der Waals surface area contributed by atoms with Crippen molar-refractivity contribution in [2.24, 2.45) is 7.05 Å². The summed E-state index contributed by atoms with van der Waals surface area (Å²) in [6.07, 6.45) is 6.06. The van der Waals surface area contributed by atoms with Gasteiger partial charge in [0.1, 0.15) is 0 Å². The Morgan fingerprint density at radius 3 is 2.90 bits per heavy atom. The van der Waals surface area contributed by atoms with Crippen LogP contribution in [0.4, 0.5) is 0 Å². The molecule has 1 unspecified atom stereocenters. The van der Waals surface area contributed by atoms with Crippen LogP contribution in [-0.2, 0) is 16.6 Å². The number of carbonyl (C=O) groups is 2. The number of aromatic nitrogens is 2. The van der Waals surface area contributed by atoms with Gasteiger partial charge in [0.25, 0.3) is 0 Å². The molecule has 0 saturated carbocycles. The predicted molar refractivity (Wildman–Crippen MR) is 79.4 cm³/mol. The number of nitrogens with zero attached hydrogens (tertiary/aromatic N) is 3. The molecule has 1 fully saturated rings. The molecule has 2 amide bonds. The van der Waals surface area contributed by atoms with Gasteiger partial charge in [0.05, 0.1) is 18.3 Å². The molecule has 1 aliphatic heterocycles. The number of hydrogen-bond donors (Lipinski definition) is 1. The Bertz CT molecular complexity index is 498. The van der Waals surface area contributed by atoms with Gasteiger partial charge in [-0.1, -0.05) is 13.3 Å². The minimum Gasteiger partial charge on any atom is -0.346 e. The first-order valence-corrected chi connectivity index (χ1v) is 7.67. The van der Waals surface area contributed by atoms with Crippen molar-refractivity contribution in [3.05, 3.63) is 18.0 Å². The van der Waals surface area contributed by atoms with Crippen LogP contribution >= 0.6 is 0 Å². The molecule has 1 saturated heterocycles. The number of amides is 2. The fourth-order valence-corrected chi connectivity index (χ4v) is 2.73. The maximum Gasteiger partial charge on any atom is 0.240 e. The molecule has 6 heteroatoms.